The zero-order valence-electron chi connectivity index (χ0n) is 12.6. The van der Waals surface area contributed by atoms with Crippen molar-refractivity contribution in [2.75, 3.05) is 19.7 Å². The number of morpholine rings is 1. The lowest BCUT2D eigenvalue weighted by molar-refractivity contribution is -0.00273. The molecule has 0 radical (unpaired) electrons. The van der Waals surface area contributed by atoms with Gasteiger partial charge in [-0.1, -0.05) is 0 Å². The molecule has 0 aliphatic carbocycles. The van der Waals surface area contributed by atoms with Gasteiger partial charge in [0, 0.05) is 38.4 Å². The van der Waals surface area contributed by atoms with E-state index in [1.807, 2.05) is 13.1 Å². The van der Waals surface area contributed by atoms with E-state index in [9.17, 15) is 8.42 Å². The van der Waals surface area contributed by atoms with Crippen LogP contribution in [-0.4, -0.2) is 52.0 Å². The molecule has 3 heterocycles. The molecule has 8 nitrogen and oxygen atoms in total. The van der Waals surface area contributed by atoms with E-state index in [4.69, 9.17) is 4.74 Å². The van der Waals surface area contributed by atoms with E-state index in [-0.39, 0.29) is 17.7 Å². The first kappa shape index (κ1) is 15.2. The summed E-state index contributed by atoms with van der Waals surface area (Å²) in [6, 6.07) is 1.51. The van der Waals surface area contributed by atoms with Crippen molar-refractivity contribution < 1.29 is 13.2 Å². The molecule has 0 unspecified atom stereocenters. The van der Waals surface area contributed by atoms with E-state index in [0.717, 1.165) is 12.1 Å². The Kier molecular flexibility index (Phi) is 4.02. The Labute approximate surface area is 129 Å². The topological polar surface area (TPSA) is 82.2 Å². The third-order valence-electron chi connectivity index (χ3n) is 3.76. The summed E-state index contributed by atoms with van der Waals surface area (Å²) in [6.45, 7) is 3.75. The first-order valence-corrected chi connectivity index (χ1v) is 8.58. The molecule has 1 fully saturated rings. The van der Waals surface area contributed by atoms with Crippen molar-refractivity contribution in [2.24, 2.45) is 7.05 Å². The van der Waals surface area contributed by atoms with Gasteiger partial charge in [-0.15, -0.1) is 0 Å². The summed E-state index contributed by atoms with van der Waals surface area (Å²) in [4.78, 5) is 0. The molecule has 1 saturated heterocycles. The van der Waals surface area contributed by atoms with Crippen molar-refractivity contribution in [1.82, 2.24) is 23.9 Å². The molecule has 1 aliphatic rings. The molecule has 0 spiro atoms. The Morgan fingerprint density at radius 2 is 2.23 bits per heavy atom. The van der Waals surface area contributed by atoms with E-state index in [1.54, 1.807) is 17.9 Å². The Bertz CT molecular complexity index is 751. The highest BCUT2D eigenvalue weighted by atomic mass is 32.2. The van der Waals surface area contributed by atoms with Crippen molar-refractivity contribution >= 4 is 10.0 Å². The smallest absolute Gasteiger partial charge is 0.260 e. The molecule has 3 rings (SSSR count). The SMILES string of the molecule is CCn1cc([C@H]2CN(S(=O)(=O)c3ccnn3C)CCO2)cn1. The van der Waals surface area contributed by atoms with Gasteiger partial charge in [-0.25, -0.2) is 8.42 Å². The van der Waals surface area contributed by atoms with E-state index in [0.29, 0.717) is 13.2 Å². The monoisotopic (exact) mass is 325 g/mol. The number of rotatable bonds is 4. The minimum absolute atomic E-state index is 0.192. The predicted molar refractivity (Wildman–Crippen MR) is 78.6 cm³/mol. The van der Waals surface area contributed by atoms with Crippen LogP contribution in [0.5, 0.6) is 0 Å². The number of hydrogen-bond acceptors (Lipinski definition) is 5. The highest BCUT2D eigenvalue weighted by Gasteiger charge is 2.33. The molecule has 1 atom stereocenters. The number of nitrogens with zero attached hydrogens (tertiary/aromatic N) is 5. The van der Waals surface area contributed by atoms with Crippen LogP contribution in [0.2, 0.25) is 0 Å². The molecule has 9 heteroatoms. The van der Waals surface area contributed by atoms with E-state index in [2.05, 4.69) is 10.2 Å². The minimum atomic E-state index is -3.56. The number of aromatic nitrogens is 4. The van der Waals surface area contributed by atoms with Crippen LogP contribution in [0.3, 0.4) is 0 Å². The second-order valence-corrected chi connectivity index (χ2v) is 7.03. The van der Waals surface area contributed by atoms with Gasteiger partial charge in [-0.05, 0) is 13.0 Å². The lowest BCUT2D eigenvalue weighted by Gasteiger charge is -2.31. The fourth-order valence-corrected chi connectivity index (χ4v) is 4.04. The van der Waals surface area contributed by atoms with E-state index < -0.39 is 10.0 Å². The normalized spacial score (nSPS) is 20.4. The molecule has 2 aromatic rings. The first-order valence-electron chi connectivity index (χ1n) is 7.14. The van der Waals surface area contributed by atoms with Crippen LogP contribution >= 0.6 is 0 Å². The van der Waals surface area contributed by atoms with E-state index in [1.165, 1.54) is 21.3 Å². The van der Waals surface area contributed by atoms with Crippen LogP contribution in [0.25, 0.3) is 0 Å². The highest BCUT2D eigenvalue weighted by Crippen LogP contribution is 2.25. The lowest BCUT2D eigenvalue weighted by Crippen LogP contribution is -2.42. The molecular weight excluding hydrogens is 306 g/mol. The van der Waals surface area contributed by atoms with E-state index >= 15 is 0 Å². The van der Waals surface area contributed by atoms with Crippen molar-refractivity contribution in [3.63, 3.8) is 0 Å². The Morgan fingerprint density at radius 1 is 1.41 bits per heavy atom. The fraction of sp³-hybridized carbons (Fsp3) is 0.538. The molecule has 2 aromatic heterocycles. The molecule has 0 N–H and O–H groups in total. The van der Waals surface area contributed by atoms with Gasteiger partial charge in [-0.3, -0.25) is 9.36 Å². The summed E-state index contributed by atoms with van der Waals surface area (Å²) >= 11 is 0. The van der Waals surface area contributed by atoms with Crippen LogP contribution in [0.15, 0.2) is 29.7 Å². The maximum atomic E-state index is 12.7. The van der Waals surface area contributed by atoms with Crippen LogP contribution in [0, 0.1) is 0 Å². The van der Waals surface area contributed by atoms with Gasteiger partial charge in [0.05, 0.1) is 25.1 Å². The Balaban J connectivity index is 1.82. The summed E-state index contributed by atoms with van der Waals surface area (Å²) in [6.07, 6.45) is 4.81. The number of hydrogen-bond donors (Lipinski definition) is 0. The van der Waals surface area contributed by atoms with Crippen molar-refractivity contribution in [1.29, 1.82) is 0 Å². The maximum absolute atomic E-state index is 12.7. The van der Waals surface area contributed by atoms with Gasteiger partial charge in [0.1, 0.15) is 0 Å². The van der Waals surface area contributed by atoms with Gasteiger partial charge in [0.15, 0.2) is 5.03 Å². The first-order chi connectivity index (χ1) is 10.5. The average molecular weight is 325 g/mol. The van der Waals surface area contributed by atoms with Crippen molar-refractivity contribution in [3.8, 4) is 0 Å². The average Bonchev–Trinajstić information content (AvgIpc) is 3.16. The molecule has 0 aromatic carbocycles. The molecule has 0 saturated carbocycles. The van der Waals surface area contributed by atoms with Crippen LogP contribution in [0.1, 0.15) is 18.6 Å². The quantitative estimate of drug-likeness (QED) is 0.812. The number of ether oxygens (including phenoxy) is 1. The summed E-state index contributed by atoms with van der Waals surface area (Å²) < 4.78 is 35.7. The Morgan fingerprint density at radius 3 is 2.86 bits per heavy atom. The standard InChI is InChI=1S/C13H19N5O3S/c1-3-17-9-11(8-15-17)12-10-18(6-7-21-12)22(19,20)13-4-5-14-16(13)2/h4-5,8-9,12H,3,6-7,10H2,1-2H3/t12-/m1/s1. The largest absolute Gasteiger partial charge is 0.371 e. The predicted octanol–water partition coefficient (Wildman–Crippen LogP) is 0.399. The van der Waals surface area contributed by atoms with Gasteiger partial charge in [0.25, 0.3) is 10.0 Å². The summed E-state index contributed by atoms with van der Waals surface area (Å²) in [5, 5.41) is 8.34. The number of aryl methyl sites for hydroxylation is 2. The minimum Gasteiger partial charge on any atom is -0.371 e. The molecule has 1 aliphatic heterocycles. The summed E-state index contributed by atoms with van der Waals surface area (Å²) in [5.41, 5.74) is 0.895. The third kappa shape index (κ3) is 2.67. The van der Waals surface area contributed by atoms with Crippen molar-refractivity contribution in [2.45, 2.75) is 24.6 Å². The summed E-state index contributed by atoms with van der Waals surface area (Å²) in [5.74, 6) is 0. The fourth-order valence-electron chi connectivity index (χ4n) is 2.51. The second kappa shape index (κ2) is 5.82. The molecular formula is C13H19N5O3S. The zero-order chi connectivity index (χ0) is 15.7. The van der Waals surface area contributed by atoms with Crippen LogP contribution < -0.4 is 0 Å². The highest BCUT2D eigenvalue weighted by molar-refractivity contribution is 7.89. The lowest BCUT2D eigenvalue weighted by atomic mass is 10.2. The second-order valence-electron chi connectivity index (χ2n) is 5.14. The zero-order valence-corrected chi connectivity index (χ0v) is 13.4. The third-order valence-corrected chi connectivity index (χ3v) is 5.70. The van der Waals surface area contributed by atoms with Crippen molar-refractivity contribution in [3.05, 3.63) is 30.2 Å². The summed E-state index contributed by atoms with van der Waals surface area (Å²) in [7, 11) is -1.94. The van der Waals surface area contributed by atoms with Gasteiger partial charge >= 0.3 is 0 Å². The molecule has 120 valence electrons. The molecule has 0 amide bonds. The molecule has 0 bridgehead atoms. The van der Waals surface area contributed by atoms with Crippen LogP contribution in [0.4, 0.5) is 0 Å². The molecule has 22 heavy (non-hydrogen) atoms. The van der Waals surface area contributed by atoms with Gasteiger partial charge in [-0.2, -0.15) is 14.5 Å². The Hall–Kier alpha value is -1.71. The number of sulfonamides is 1. The maximum Gasteiger partial charge on any atom is 0.260 e. The van der Waals surface area contributed by atoms with Crippen LogP contribution in [-0.2, 0) is 28.4 Å². The van der Waals surface area contributed by atoms with Gasteiger partial charge in [0.2, 0.25) is 0 Å². The van der Waals surface area contributed by atoms with Gasteiger partial charge < -0.3 is 4.74 Å².